The third-order valence-corrected chi connectivity index (χ3v) is 7.46. The normalized spacial score (nSPS) is 14.7. The fourth-order valence-electron chi connectivity index (χ4n) is 4.74. The van der Waals surface area contributed by atoms with Crippen molar-refractivity contribution < 1.29 is 4.39 Å². The highest BCUT2D eigenvalue weighted by molar-refractivity contribution is 8.93. The van der Waals surface area contributed by atoms with E-state index in [1.54, 1.807) is 23.5 Å². The highest BCUT2D eigenvalue weighted by Gasteiger charge is 2.16. The predicted molar refractivity (Wildman–Crippen MR) is 146 cm³/mol. The van der Waals surface area contributed by atoms with Gasteiger partial charge in [0.25, 0.3) is 0 Å². The summed E-state index contributed by atoms with van der Waals surface area (Å²) in [4.78, 5) is 5.78. The molecule has 2 nitrogen and oxygen atoms in total. The molecule has 0 aliphatic heterocycles. The summed E-state index contributed by atoms with van der Waals surface area (Å²) < 4.78 is 15.7. The Hall–Kier alpha value is -2.50. The molecule has 0 saturated heterocycles. The summed E-state index contributed by atoms with van der Waals surface area (Å²) in [5.41, 5.74) is 5.96. The van der Waals surface area contributed by atoms with Crippen LogP contribution in [0.25, 0.3) is 11.3 Å². The molecular formula is C29H30BrFN2S. The van der Waals surface area contributed by atoms with Crippen LogP contribution in [0.4, 0.5) is 10.1 Å². The Balaban J connectivity index is 0.00000274. The molecule has 5 rings (SSSR count). The van der Waals surface area contributed by atoms with Crippen molar-refractivity contribution >= 4 is 34.0 Å². The Morgan fingerprint density at radius 2 is 1.56 bits per heavy atom. The Morgan fingerprint density at radius 3 is 2.26 bits per heavy atom. The summed E-state index contributed by atoms with van der Waals surface area (Å²) in [6.07, 6.45) is 7.65. The van der Waals surface area contributed by atoms with E-state index >= 15 is 0 Å². The molecule has 0 atom stereocenters. The zero-order valence-corrected chi connectivity index (χ0v) is 21.7. The predicted octanol–water partition coefficient (Wildman–Crippen LogP) is 8.46. The Labute approximate surface area is 215 Å². The highest BCUT2D eigenvalue weighted by atomic mass is 79.9. The maximum atomic E-state index is 13.4. The van der Waals surface area contributed by atoms with Crippen LogP contribution in [0.1, 0.15) is 49.1 Å². The molecule has 4 aromatic rings. The smallest absolute Gasteiger partial charge is 0.190 e. The van der Waals surface area contributed by atoms with Crippen molar-refractivity contribution in [2.45, 2.75) is 51.0 Å². The van der Waals surface area contributed by atoms with E-state index in [-0.39, 0.29) is 22.8 Å². The van der Waals surface area contributed by atoms with E-state index in [0.29, 0.717) is 5.92 Å². The first-order chi connectivity index (χ1) is 16.3. The second-order valence-corrected chi connectivity index (χ2v) is 9.67. The molecule has 0 unspecified atom stereocenters. The molecule has 0 radical (unpaired) electrons. The number of thiazole rings is 1. The lowest BCUT2D eigenvalue weighted by atomic mass is 9.84. The topological polar surface area (TPSA) is 17.3 Å². The summed E-state index contributed by atoms with van der Waals surface area (Å²) >= 11 is 1.64. The molecule has 1 fully saturated rings. The third kappa shape index (κ3) is 5.94. The fourth-order valence-corrected chi connectivity index (χ4v) is 5.69. The van der Waals surface area contributed by atoms with Crippen molar-refractivity contribution in [1.29, 1.82) is 0 Å². The van der Waals surface area contributed by atoms with Crippen LogP contribution in [-0.2, 0) is 13.0 Å². The van der Waals surface area contributed by atoms with Gasteiger partial charge in [0, 0.05) is 11.9 Å². The van der Waals surface area contributed by atoms with Crippen LogP contribution in [0.3, 0.4) is 0 Å². The third-order valence-electron chi connectivity index (χ3n) is 6.60. The molecule has 0 amide bonds. The fraction of sp³-hybridized carbons (Fsp3) is 0.276. The zero-order valence-electron chi connectivity index (χ0n) is 19.2. The van der Waals surface area contributed by atoms with Crippen LogP contribution in [0.5, 0.6) is 0 Å². The van der Waals surface area contributed by atoms with Gasteiger partial charge in [0.15, 0.2) is 4.80 Å². The van der Waals surface area contributed by atoms with Gasteiger partial charge < -0.3 is 4.57 Å². The molecule has 3 aromatic carbocycles. The lowest BCUT2D eigenvalue weighted by Crippen LogP contribution is -2.17. The van der Waals surface area contributed by atoms with Crippen LogP contribution in [0.15, 0.2) is 89.2 Å². The second-order valence-electron chi connectivity index (χ2n) is 8.84. The molecule has 1 aliphatic rings. The molecule has 0 spiro atoms. The number of hydrogen-bond donors (Lipinski definition) is 0. The van der Waals surface area contributed by atoms with Crippen molar-refractivity contribution in [1.82, 2.24) is 4.57 Å². The average Bonchev–Trinajstić information content (AvgIpc) is 3.27. The molecule has 1 heterocycles. The number of nitrogens with zero attached hydrogens (tertiary/aromatic N) is 2. The molecule has 1 saturated carbocycles. The van der Waals surface area contributed by atoms with Gasteiger partial charge in [0.05, 0.1) is 11.4 Å². The van der Waals surface area contributed by atoms with E-state index in [1.165, 1.54) is 66.6 Å². The lowest BCUT2D eigenvalue weighted by molar-refractivity contribution is 0.443. The van der Waals surface area contributed by atoms with Crippen LogP contribution >= 0.6 is 28.3 Å². The summed E-state index contributed by atoms with van der Waals surface area (Å²) in [6.45, 7) is 0.841. The van der Waals surface area contributed by atoms with Gasteiger partial charge in [0.1, 0.15) is 5.82 Å². The minimum Gasteiger partial charge on any atom is -0.316 e. The molecule has 1 aromatic heterocycles. The van der Waals surface area contributed by atoms with Crippen LogP contribution in [0.2, 0.25) is 0 Å². The number of benzene rings is 3. The second kappa shape index (κ2) is 11.8. The quantitative estimate of drug-likeness (QED) is 0.235. The molecule has 34 heavy (non-hydrogen) atoms. The SMILES string of the molecule is Br.Fc1ccc(N=c2scc(-c3ccc(C4CCCCC4)cc3)n2CCc2ccccc2)cc1. The molecule has 176 valence electrons. The number of aryl methyl sites for hydroxylation is 1. The number of halogens is 2. The molecule has 0 bridgehead atoms. The zero-order chi connectivity index (χ0) is 22.5. The van der Waals surface area contributed by atoms with Gasteiger partial charge in [-0.1, -0.05) is 73.9 Å². The van der Waals surface area contributed by atoms with Crippen molar-refractivity contribution in [2.24, 2.45) is 4.99 Å². The molecule has 5 heteroatoms. The van der Waals surface area contributed by atoms with E-state index in [0.717, 1.165) is 23.5 Å². The average molecular weight is 538 g/mol. The van der Waals surface area contributed by atoms with Gasteiger partial charge in [-0.15, -0.1) is 28.3 Å². The highest BCUT2D eigenvalue weighted by Crippen LogP contribution is 2.33. The maximum absolute atomic E-state index is 13.4. The monoisotopic (exact) mass is 536 g/mol. The van der Waals surface area contributed by atoms with E-state index in [4.69, 9.17) is 4.99 Å². The summed E-state index contributed by atoms with van der Waals surface area (Å²) in [5, 5.41) is 2.20. The van der Waals surface area contributed by atoms with Gasteiger partial charge in [-0.25, -0.2) is 9.38 Å². The van der Waals surface area contributed by atoms with Gasteiger partial charge in [-0.3, -0.25) is 0 Å². The first-order valence-corrected chi connectivity index (χ1v) is 12.8. The standard InChI is InChI=1S/C29H29FN2S.BrH/c30-26-15-17-27(18-16-26)31-29-32(20-19-22-7-3-1-4-8-22)28(21-33-29)25-13-11-24(12-14-25)23-9-5-2-6-10-23;/h1,3-4,7-8,11-18,21,23H,2,5-6,9-10,19-20H2;1H. The van der Waals surface area contributed by atoms with E-state index in [9.17, 15) is 4.39 Å². The largest absolute Gasteiger partial charge is 0.316 e. The van der Waals surface area contributed by atoms with E-state index < -0.39 is 0 Å². The van der Waals surface area contributed by atoms with Crippen LogP contribution < -0.4 is 4.80 Å². The molecule has 0 N–H and O–H groups in total. The van der Waals surface area contributed by atoms with Crippen molar-refractivity contribution in [2.75, 3.05) is 0 Å². The Bertz CT molecular complexity index is 1240. The lowest BCUT2D eigenvalue weighted by Gasteiger charge is -2.22. The minimum atomic E-state index is -0.240. The number of hydrogen-bond acceptors (Lipinski definition) is 2. The van der Waals surface area contributed by atoms with Crippen LogP contribution in [-0.4, -0.2) is 4.57 Å². The summed E-state index contributed by atoms with van der Waals surface area (Å²) in [5.74, 6) is 0.473. The van der Waals surface area contributed by atoms with Gasteiger partial charge >= 0.3 is 0 Å². The first kappa shape index (κ1) is 24.6. The van der Waals surface area contributed by atoms with E-state index in [1.807, 2.05) is 0 Å². The number of rotatable bonds is 6. The van der Waals surface area contributed by atoms with Gasteiger partial charge in [-0.05, 0) is 66.1 Å². The molecular weight excluding hydrogens is 507 g/mol. The molecule has 1 aliphatic carbocycles. The van der Waals surface area contributed by atoms with Crippen molar-refractivity contribution in [3.05, 3.63) is 106 Å². The minimum absolute atomic E-state index is 0. The number of aromatic nitrogens is 1. The Morgan fingerprint density at radius 1 is 0.853 bits per heavy atom. The van der Waals surface area contributed by atoms with Gasteiger partial charge in [0.2, 0.25) is 0 Å². The van der Waals surface area contributed by atoms with Gasteiger partial charge in [-0.2, -0.15) is 0 Å². The van der Waals surface area contributed by atoms with Crippen molar-refractivity contribution in [3.63, 3.8) is 0 Å². The van der Waals surface area contributed by atoms with Crippen molar-refractivity contribution in [3.8, 4) is 11.3 Å². The summed E-state index contributed by atoms with van der Waals surface area (Å²) in [6, 6.07) is 26.1. The van der Waals surface area contributed by atoms with Crippen LogP contribution in [0, 0.1) is 5.82 Å². The maximum Gasteiger partial charge on any atom is 0.190 e. The Kier molecular flexibility index (Phi) is 8.52. The first-order valence-electron chi connectivity index (χ1n) is 11.9. The van der Waals surface area contributed by atoms with E-state index in [2.05, 4.69) is 64.5 Å². The summed E-state index contributed by atoms with van der Waals surface area (Å²) in [7, 11) is 0.